The molecule has 0 aromatic heterocycles. The molecule has 5 aliphatic rings. The molecule has 2 aromatic rings. The maximum atomic E-state index is 5.30. The molecule has 4 nitrogen and oxygen atoms in total. The van der Waals surface area contributed by atoms with Gasteiger partial charge in [-0.1, -0.05) is 54.6 Å². The van der Waals surface area contributed by atoms with Gasteiger partial charge < -0.3 is 0 Å². The maximum Gasteiger partial charge on any atom is 0.512 e. The third kappa shape index (κ3) is 2.72. The summed E-state index contributed by atoms with van der Waals surface area (Å²) in [6, 6.07) is 21.1. The van der Waals surface area contributed by atoms with Crippen LogP contribution in [0.4, 0.5) is 11.4 Å². The van der Waals surface area contributed by atoms with Crippen LogP contribution in [-0.2, 0) is 0 Å². The minimum Gasteiger partial charge on any atom is -0.0815 e. The highest BCUT2D eigenvalue weighted by molar-refractivity contribution is 8.19. The second-order valence-corrected chi connectivity index (χ2v) is 11.4. The lowest BCUT2D eigenvalue weighted by Gasteiger charge is -2.40. The van der Waals surface area contributed by atoms with Gasteiger partial charge in [0, 0.05) is 72.3 Å². The Morgan fingerprint density at radius 2 is 1.62 bits per heavy atom. The van der Waals surface area contributed by atoms with E-state index in [0.29, 0.717) is 17.1 Å². The number of rotatable bonds is 2. The lowest BCUT2D eigenvalue weighted by molar-refractivity contribution is -0.753. The zero-order valence-electron chi connectivity index (χ0n) is 17.4. The third-order valence-electron chi connectivity index (χ3n) is 6.67. The van der Waals surface area contributed by atoms with Crippen molar-refractivity contribution in [2.75, 3.05) is 0 Å². The molecule has 32 heavy (non-hydrogen) atoms. The quantitative estimate of drug-likeness (QED) is 0.445. The number of hydrogen-bond acceptors (Lipinski definition) is 4. The van der Waals surface area contributed by atoms with Gasteiger partial charge in [-0.05, 0) is 36.8 Å². The van der Waals surface area contributed by atoms with Crippen molar-refractivity contribution in [2.45, 2.75) is 22.4 Å². The lowest BCUT2D eigenvalue weighted by atomic mass is 9.84. The van der Waals surface area contributed by atoms with Crippen LogP contribution in [-0.4, -0.2) is 19.0 Å². The Labute approximate surface area is 195 Å². The maximum absolute atomic E-state index is 5.30. The molecule has 3 bridgehead atoms. The molecule has 3 heterocycles. The number of para-hydroxylation sites is 2. The van der Waals surface area contributed by atoms with Gasteiger partial charge in [0.1, 0.15) is 11.4 Å². The van der Waals surface area contributed by atoms with E-state index in [-0.39, 0.29) is 0 Å². The SMILES string of the molecule is C1=CC2CC3CC=CC4=C3S[C@]3(SC2C(=C1)N=[N+]3c1ccccc1)[N+](c1ccccc1)=N4. The summed E-state index contributed by atoms with van der Waals surface area (Å²) in [5, 5.41) is 10.9. The summed E-state index contributed by atoms with van der Waals surface area (Å²) in [5.41, 5.74) is 4.44. The number of allylic oxidation sites excluding steroid dienone is 6. The van der Waals surface area contributed by atoms with Crippen LogP contribution < -0.4 is 0 Å². The molecular formula is C26H22N4S2+2. The fourth-order valence-corrected chi connectivity index (χ4v) is 8.73. The molecule has 7 rings (SSSR count). The number of nitrogens with zero attached hydrogens (tertiary/aromatic N) is 4. The van der Waals surface area contributed by atoms with Crippen LogP contribution in [0.2, 0.25) is 0 Å². The summed E-state index contributed by atoms with van der Waals surface area (Å²) in [5.74, 6) is 0.986. The number of benzene rings is 2. The molecule has 6 heteroatoms. The Morgan fingerprint density at radius 1 is 0.906 bits per heavy atom. The summed E-state index contributed by atoms with van der Waals surface area (Å²) in [6.07, 6.45) is 13.6. The first-order valence-corrected chi connectivity index (χ1v) is 12.8. The monoisotopic (exact) mass is 454 g/mol. The normalized spacial score (nSPS) is 31.9. The Morgan fingerprint density at radius 3 is 2.38 bits per heavy atom. The summed E-state index contributed by atoms with van der Waals surface area (Å²) < 4.78 is 3.90. The third-order valence-corrected chi connectivity index (χ3v) is 10.1. The zero-order chi connectivity index (χ0) is 21.1. The molecule has 2 aromatic carbocycles. The Kier molecular flexibility index (Phi) is 4.21. The van der Waals surface area contributed by atoms with E-state index in [2.05, 4.69) is 100 Å². The Hall–Kier alpha value is -2.70. The molecule has 0 saturated carbocycles. The van der Waals surface area contributed by atoms with Gasteiger partial charge in [0.25, 0.3) is 0 Å². The van der Waals surface area contributed by atoms with E-state index in [1.807, 2.05) is 23.5 Å². The average molecular weight is 455 g/mol. The summed E-state index contributed by atoms with van der Waals surface area (Å²) in [6.45, 7) is 0. The predicted molar refractivity (Wildman–Crippen MR) is 129 cm³/mol. The van der Waals surface area contributed by atoms with E-state index in [4.69, 9.17) is 10.2 Å². The molecule has 0 amide bonds. The topological polar surface area (TPSA) is 30.7 Å². The van der Waals surface area contributed by atoms with Crippen LogP contribution in [0, 0.1) is 11.8 Å². The summed E-state index contributed by atoms with van der Waals surface area (Å²) in [7, 11) is 0. The van der Waals surface area contributed by atoms with E-state index >= 15 is 0 Å². The molecule has 0 N–H and O–H groups in total. The smallest absolute Gasteiger partial charge is 0.0815 e. The minimum atomic E-state index is -0.517. The molecule has 4 atom stereocenters. The molecule has 2 aliphatic carbocycles. The zero-order valence-corrected chi connectivity index (χ0v) is 19.0. The van der Waals surface area contributed by atoms with Crippen LogP contribution >= 0.6 is 23.5 Å². The first-order chi connectivity index (χ1) is 15.8. The molecular weight excluding hydrogens is 432 g/mol. The van der Waals surface area contributed by atoms with Crippen molar-refractivity contribution in [3.8, 4) is 0 Å². The van der Waals surface area contributed by atoms with Gasteiger partial charge in [-0.3, -0.25) is 0 Å². The van der Waals surface area contributed by atoms with Gasteiger partial charge in [-0.25, -0.2) is 0 Å². The predicted octanol–water partition coefficient (Wildman–Crippen LogP) is 7.31. The van der Waals surface area contributed by atoms with Crippen LogP contribution in [0.15, 0.2) is 118 Å². The fraction of sp³-hybridized carbons (Fsp3) is 0.231. The van der Waals surface area contributed by atoms with Crippen molar-refractivity contribution in [3.05, 3.63) is 107 Å². The van der Waals surface area contributed by atoms with Crippen LogP contribution in [0.1, 0.15) is 12.8 Å². The molecule has 3 unspecified atom stereocenters. The van der Waals surface area contributed by atoms with Gasteiger partial charge in [0.05, 0.1) is 5.25 Å². The number of hydrogen-bond donors (Lipinski definition) is 0. The first kappa shape index (κ1) is 18.8. The molecule has 156 valence electrons. The van der Waals surface area contributed by atoms with E-state index in [9.17, 15) is 0 Å². The summed E-state index contributed by atoms with van der Waals surface area (Å²) >= 11 is 3.95. The lowest BCUT2D eigenvalue weighted by Crippen LogP contribution is -2.50. The number of thioether (sulfide) groups is 2. The van der Waals surface area contributed by atoms with Crippen LogP contribution in [0.3, 0.4) is 0 Å². The summed E-state index contributed by atoms with van der Waals surface area (Å²) in [4.78, 5) is 1.41. The van der Waals surface area contributed by atoms with Gasteiger partial charge in [0.15, 0.2) is 0 Å². The van der Waals surface area contributed by atoms with E-state index in [1.54, 1.807) is 0 Å². The van der Waals surface area contributed by atoms with Crippen molar-refractivity contribution in [1.29, 1.82) is 0 Å². The van der Waals surface area contributed by atoms with Crippen LogP contribution in [0.25, 0.3) is 0 Å². The second kappa shape index (κ2) is 7.15. The highest BCUT2D eigenvalue weighted by atomic mass is 32.2. The van der Waals surface area contributed by atoms with Gasteiger partial charge >= 0.3 is 4.33 Å². The highest BCUT2D eigenvalue weighted by Gasteiger charge is 2.68. The largest absolute Gasteiger partial charge is 0.512 e. The van der Waals surface area contributed by atoms with Gasteiger partial charge in [-0.15, -0.1) is 0 Å². The van der Waals surface area contributed by atoms with E-state index in [0.717, 1.165) is 35.6 Å². The molecule has 1 saturated heterocycles. The van der Waals surface area contributed by atoms with Crippen molar-refractivity contribution >= 4 is 34.9 Å². The fourth-order valence-electron chi connectivity index (χ4n) is 5.18. The highest BCUT2D eigenvalue weighted by Crippen LogP contribution is 2.62. The second-order valence-electron chi connectivity index (χ2n) is 8.64. The van der Waals surface area contributed by atoms with E-state index < -0.39 is 4.33 Å². The number of azo groups is 4. The van der Waals surface area contributed by atoms with Gasteiger partial charge in [-0.2, -0.15) is 0 Å². The standard InChI is InChI=1S/C26H22N4S2/c1-3-11-20(12-4-1)29-26-30(21-13-5-2-6-14-21)28-23-16-8-10-19(25(23)32-26)17-18-9-7-15-22(27-29)24(18)31-26/h1-9,11-16,18-19,24H,10,17H2/q+2/t18?,19?,24?,26-/m0/s1. The first-order valence-electron chi connectivity index (χ1n) is 11.1. The Bertz CT molecular complexity index is 1290. The molecule has 1 fully saturated rings. The van der Waals surface area contributed by atoms with Crippen molar-refractivity contribution in [3.63, 3.8) is 0 Å². The molecule has 0 radical (unpaired) electrons. The van der Waals surface area contributed by atoms with Crippen molar-refractivity contribution in [1.82, 2.24) is 0 Å². The van der Waals surface area contributed by atoms with Gasteiger partial charge in [0.2, 0.25) is 11.4 Å². The Balaban J connectivity index is 1.55. The molecule has 1 spiro atoms. The molecule has 3 aliphatic heterocycles. The van der Waals surface area contributed by atoms with Crippen molar-refractivity contribution in [2.24, 2.45) is 22.1 Å². The minimum absolute atomic E-state index is 0.322. The van der Waals surface area contributed by atoms with Crippen molar-refractivity contribution < 1.29 is 9.39 Å². The van der Waals surface area contributed by atoms with E-state index in [1.165, 1.54) is 4.91 Å². The average Bonchev–Trinajstić information content (AvgIpc) is 2.84. The van der Waals surface area contributed by atoms with Crippen LogP contribution in [0.5, 0.6) is 0 Å².